The molecule has 1 aromatic heterocycles. The lowest BCUT2D eigenvalue weighted by Crippen LogP contribution is -2.38. The van der Waals surface area contributed by atoms with E-state index in [0.29, 0.717) is 52.2 Å². The number of methoxy groups -OCH3 is 5. The van der Waals surface area contributed by atoms with Gasteiger partial charge in [-0.2, -0.15) is 0 Å². The molecule has 6 rings (SSSR count). The third-order valence-corrected chi connectivity index (χ3v) is 8.64. The Kier molecular flexibility index (Phi) is 9.45. The molecule has 0 spiro atoms. The molecule has 0 unspecified atom stereocenters. The second-order valence-electron chi connectivity index (χ2n) is 11.2. The van der Waals surface area contributed by atoms with E-state index in [4.69, 9.17) is 44.4 Å². The van der Waals surface area contributed by atoms with E-state index in [1.165, 1.54) is 35.5 Å². The maximum atomic E-state index is 14.2. The Morgan fingerprint density at radius 1 is 0.729 bits per heavy atom. The molecule has 0 atom stereocenters. The number of benzene rings is 4. The molecular formula is C37H37ClN2O8. The van der Waals surface area contributed by atoms with Crippen LogP contribution in [0, 0.1) is 0 Å². The number of para-hydroxylation sites is 2. The molecule has 11 heteroatoms. The van der Waals surface area contributed by atoms with Gasteiger partial charge in [-0.25, -0.2) is 0 Å². The van der Waals surface area contributed by atoms with E-state index < -0.39 is 5.66 Å². The number of hydrogen-bond donors (Lipinski definition) is 2. The van der Waals surface area contributed by atoms with Crippen molar-refractivity contribution in [2.24, 2.45) is 0 Å². The Balaban J connectivity index is 1.32. The maximum Gasteiger partial charge on any atom is 0.239 e. The molecule has 48 heavy (non-hydrogen) atoms. The summed E-state index contributed by atoms with van der Waals surface area (Å²) in [4.78, 5) is 14.2. The number of anilines is 2. The zero-order valence-corrected chi connectivity index (χ0v) is 28.2. The molecule has 250 valence electrons. The lowest BCUT2D eigenvalue weighted by molar-refractivity contribution is 0.292. The minimum Gasteiger partial charge on any atom is -0.496 e. The van der Waals surface area contributed by atoms with Crippen LogP contribution in [0.15, 0.2) is 82.0 Å². The standard InChI is InChI=1S/C37H37ClN2O8/c1-42-25-20-28(43-2)32-29(21-25)48-34(22-17-30(44-3)35(46-5)31(18-22)45-4)36(33(32)41)47-16-9-8-15-37(23-11-10-12-24(38)19-23)39-26-13-6-7-14-27(26)40-37/h6-7,10-14,17-21,39-40H,8-9,15-16H2,1-5H3. The third-order valence-electron chi connectivity index (χ3n) is 8.41. The van der Waals surface area contributed by atoms with Crippen molar-refractivity contribution in [2.75, 3.05) is 52.8 Å². The number of fused-ring (bicyclic) bond motifs is 2. The van der Waals surface area contributed by atoms with Gasteiger partial charge in [-0.15, -0.1) is 0 Å². The van der Waals surface area contributed by atoms with Crippen LogP contribution in [0.4, 0.5) is 11.4 Å². The first-order valence-corrected chi connectivity index (χ1v) is 15.8. The Hall–Kier alpha value is -5.22. The third kappa shape index (κ3) is 6.11. The molecule has 1 aliphatic heterocycles. The fraction of sp³-hybridized carbons (Fsp3) is 0.270. The van der Waals surface area contributed by atoms with Crippen LogP contribution < -0.4 is 44.5 Å². The molecule has 2 heterocycles. The number of hydrogen-bond acceptors (Lipinski definition) is 10. The lowest BCUT2D eigenvalue weighted by atomic mass is 9.94. The van der Waals surface area contributed by atoms with Crippen LogP contribution in [0.2, 0.25) is 5.02 Å². The van der Waals surface area contributed by atoms with Crippen molar-refractivity contribution in [2.45, 2.75) is 24.9 Å². The maximum absolute atomic E-state index is 14.2. The Bertz CT molecular complexity index is 1960. The van der Waals surface area contributed by atoms with Crippen LogP contribution in [0.5, 0.6) is 34.5 Å². The van der Waals surface area contributed by atoms with Crippen LogP contribution in [0.3, 0.4) is 0 Å². The fourth-order valence-electron chi connectivity index (χ4n) is 6.08. The summed E-state index contributed by atoms with van der Waals surface area (Å²) in [6, 6.07) is 22.6. The van der Waals surface area contributed by atoms with Crippen molar-refractivity contribution in [1.29, 1.82) is 0 Å². The van der Waals surface area contributed by atoms with Crippen molar-refractivity contribution in [3.8, 4) is 45.8 Å². The number of ether oxygens (including phenoxy) is 6. The second kappa shape index (κ2) is 13.9. The van der Waals surface area contributed by atoms with Crippen molar-refractivity contribution in [1.82, 2.24) is 0 Å². The van der Waals surface area contributed by atoms with Crippen molar-refractivity contribution in [3.05, 3.63) is 93.6 Å². The highest BCUT2D eigenvalue weighted by atomic mass is 35.5. The molecule has 0 saturated heterocycles. The number of rotatable bonds is 13. The van der Waals surface area contributed by atoms with Crippen molar-refractivity contribution >= 4 is 33.9 Å². The minimum atomic E-state index is -0.565. The summed E-state index contributed by atoms with van der Waals surface area (Å²) in [6.07, 6.45) is 2.10. The van der Waals surface area contributed by atoms with Crippen LogP contribution >= 0.6 is 11.6 Å². The quantitative estimate of drug-likeness (QED) is 0.119. The van der Waals surface area contributed by atoms with E-state index in [-0.39, 0.29) is 34.5 Å². The van der Waals surface area contributed by atoms with Crippen molar-refractivity contribution < 1.29 is 32.8 Å². The van der Waals surface area contributed by atoms with E-state index in [0.717, 1.165) is 23.4 Å². The molecule has 0 radical (unpaired) electrons. The summed E-state index contributed by atoms with van der Waals surface area (Å²) in [7, 11) is 7.58. The Morgan fingerprint density at radius 2 is 1.42 bits per heavy atom. The zero-order chi connectivity index (χ0) is 33.8. The van der Waals surface area contributed by atoms with Gasteiger partial charge in [-0.05, 0) is 61.2 Å². The van der Waals surface area contributed by atoms with Gasteiger partial charge in [0, 0.05) is 22.7 Å². The Labute approximate surface area is 283 Å². The van der Waals surface area contributed by atoms with Gasteiger partial charge in [0.2, 0.25) is 16.9 Å². The van der Waals surface area contributed by atoms with Gasteiger partial charge in [0.05, 0.1) is 53.5 Å². The van der Waals surface area contributed by atoms with Crippen LogP contribution in [0.25, 0.3) is 22.3 Å². The minimum absolute atomic E-state index is 0.0364. The first-order valence-electron chi connectivity index (χ1n) is 15.4. The molecule has 0 saturated carbocycles. The summed E-state index contributed by atoms with van der Waals surface area (Å²) in [5.41, 5.74) is 2.88. The van der Waals surface area contributed by atoms with E-state index >= 15 is 0 Å². The highest BCUT2D eigenvalue weighted by Crippen LogP contribution is 2.45. The lowest BCUT2D eigenvalue weighted by Gasteiger charge is -2.32. The first-order chi connectivity index (χ1) is 23.3. The first kappa shape index (κ1) is 32.7. The largest absolute Gasteiger partial charge is 0.496 e. The van der Waals surface area contributed by atoms with Crippen LogP contribution in [-0.2, 0) is 5.66 Å². The number of unbranched alkanes of at least 4 members (excludes halogenated alkanes) is 1. The summed E-state index contributed by atoms with van der Waals surface area (Å²) in [5.74, 6) is 2.21. The summed E-state index contributed by atoms with van der Waals surface area (Å²) < 4.78 is 40.4. The molecule has 4 aromatic carbocycles. The van der Waals surface area contributed by atoms with E-state index in [1.54, 1.807) is 24.3 Å². The molecule has 10 nitrogen and oxygen atoms in total. The van der Waals surface area contributed by atoms with Gasteiger partial charge in [-0.1, -0.05) is 35.9 Å². The second-order valence-corrected chi connectivity index (χ2v) is 11.7. The SMILES string of the molecule is COc1cc(OC)c2c(=O)c(OCCCCC3(c4cccc(Cl)c4)Nc4ccccc4N3)c(-c3cc(OC)c(OC)c(OC)c3)oc2c1. The van der Waals surface area contributed by atoms with Gasteiger partial charge in [-0.3, -0.25) is 4.79 Å². The van der Waals surface area contributed by atoms with Crippen LogP contribution in [0.1, 0.15) is 24.8 Å². The molecule has 2 N–H and O–H groups in total. The highest BCUT2D eigenvalue weighted by molar-refractivity contribution is 6.30. The highest BCUT2D eigenvalue weighted by Gasteiger charge is 2.37. The van der Waals surface area contributed by atoms with Crippen LogP contribution in [-0.4, -0.2) is 42.2 Å². The molecule has 0 aliphatic carbocycles. The average molecular weight is 673 g/mol. The molecule has 1 aliphatic rings. The molecule has 0 amide bonds. The van der Waals surface area contributed by atoms with Gasteiger partial charge >= 0.3 is 0 Å². The molecule has 0 bridgehead atoms. The number of nitrogens with one attached hydrogen (secondary N) is 2. The smallest absolute Gasteiger partial charge is 0.239 e. The Morgan fingerprint density at radius 3 is 2.02 bits per heavy atom. The van der Waals surface area contributed by atoms with Gasteiger partial charge < -0.3 is 43.5 Å². The molecule has 0 fully saturated rings. The van der Waals surface area contributed by atoms with Crippen molar-refractivity contribution in [3.63, 3.8) is 0 Å². The average Bonchev–Trinajstić information content (AvgIpc) is 3.50. The molecular weight excluding hydrogens is 636 g/mol. The zero-order valence-electron chi connectivity index (χ0n) is 27.4. The summed E-state index contributed by atoms with van der Waals surface area (Å²) in [6.45, 7) is 0.241. The number of halogens is 1. The van der Waals surface area contributed by atoms with Gasteiger partial charge in [0.1, 0.15) is 28.1 Å². The topological polar surface area (TPSA) is 110 Å². The van der Waals surface area contributed by atoms with Gasteiger partial charge in [0.25, 0.3) is 0 Å². The van der Waals surface area contributed by atoms with E-state index in [9.17, 15) is 4.79 Å². The molecule has 5 aromatic rings. The van der Waals surface area contributed by atoms with E-state index in [2.05, 4.69) is 16.7 Å². The monoisotopic (exact) mass is 672 g/mol. The fourth-order valence-corrected chi connectivity index (χ4v) is 6.27. The summed E-state index contributed by atoms with van der Waals surface area (Å²) in [5, 5.41) is 8.25. The predicted octanol–water partition coefficient (Wildman–Crippen LogP) is 8.10. The van der Waals surface area contributed by atoms with E-state index in [1.807, 2.05) is 42.5 Å². The predicted molar refractivity (Wildman–Crippen MR) is 187 cm³/mol. The van der Waals surface area contributed by atoms with Gasteiger partial charge in [0.15, 0.2) is 17.3 Å². The normalized spacial score (nSPS) is 12.9. The summed E-state index contributed by atoms with van der Waals surface area (Å²) >= 11 is 6.41.